The Labute approximate surface area is 101 Å². The molecule has 16 heavy (non-hydrogen) atoms. The van der Waals surface area contributed by atoms with Gasteiger partial charge in [-0.05, 0) is 12.1 Å². The third-order valence-electron chi connectivity index (χ3n) is 1.82. The molecule has 0 atom stereocenters. The maximum atomic E-state index is 11.3. The van der Waals surface area contributed by atoms with Crippen LogP contribution < -0.4 is 11.1 Å². The Morgan fingerprint density at radius 3 is 2.88 bits per heavy atom. The van der Waals surface area contributed by atoms with Crippen LogP contribution in [-0.2, 0) is 16.0 Å². The largest absolute Gasteiger partial charge is 0.397 e. The van der Waals surface area contributed by atoms with Gasteiger partial charge in [0, 0.05) is 19.3 Å². The summed E-state index contributed by atoms with van der Waals surface area (Å²) in [5.74, 6) is -0.0654. The number of nitrogens with one attached hydrogen (secondary N) is 1. The Morgan fingerprint density at radius 1 is 1.56 bits per heavy atom. The van der Waals surface area contributed by atoms with Crippen molar-refractivity contribution in [2.24, 2.45) is 0 Å². The quantitative estimate of drug-likeness (QED) is 0.736. The number of nitrogen functional groups attached to an aromatic ring is 1. The van der Waals surface area contributed by atoms with Crippen LogP contribution in [0.1, 0.15) is 5.69 Å². The molecule has 5 nitrogen and oxygen atoms in total. The van der Waals surface area contributed by atoms with Crippen LogP contribution >= 0.6 is 12.4 Å². The number of hydrogen-bond donors (Lipinski definition) is 2. The number of amides is 1. The Morgan fingerprint density at radius 2 is 2.31 bits per heavy atom. The van der Waals surface area contributed by atoms with Gasteiger partial charge in [0.25, 0.3) is 0 Å². The first-order chi connectivity index (χ1) is 7.22. The van der Waals surface area contributed by atoms with E-state index in [9.17, 15) is 4.79 Å². The third kappa shape index (κ3) is 5.53. The first-order valence-corrected chi connectivity index (χ1v) is 4.68. The molecule has 1 aromatic rings. The van der Waals surface area contributed by atoms with Crippen molar-refractivity contribution in [3.8, 4) is 0 Å². The van der Waals surface area contributed by atoms with E-state index in [-0.39, 0.29) is 24.7 Å². The summed E-state index contributed by atoms with van der Waals surface area (Å²) in [4.78, 5) is 15.4. The number of aromatic nitrogens is 1. The summed E-state index contributed by atoms with van der Waals surface area (Å²) in [5, 5.41) is 2.71. The Bertz CT molecular complexity index is 316. The minimum absolute atomic E-state index is 0. The highest BCUT2D eigenvalue weighted by atomic mass is 35.5. The number of ether oxygens (including phenoxy) is 1. The second kappa shape index (κ2) is 7.90. The van der Waals surface area contributed by atoms with Crippen molar-refractivity contribution >= 4 is 24.0 Å². The van der Waals surface area contributed by atoms with Crippen molar-refractivity contribution in [1.29, 1.82) is 0 Å². The molecule has 1 rings (SSSR count). The van der Waals surface area contributed by atoms with Crippen molar-refractivity contribution in [2.45, 2.75) is 6.42 Å². The molecule has 0 saturated carbocycles. The molecule has 0 radical (unpaired) electrons. The second-order valence-corrected chi connectivity index (χ2v) is 3.10. The number of halogens is 1. The van der Waals surface area contributed by atoms with Gasteiger partial charge in [-0.25, -0.2) is 0 Å². The van der Waals surface area contributed by atoms with Crippen molar-refractivity contribution in [1.82, 2.24) is 10.3 Å². The van der Waals surface area contributed by atoms with Crippen LogP contribution in [-0.4, -0.2) is 31.2 Å². The van der Waals surface area contributed by atoms with E-state index in [1.165, 1.54) is 6.20 Å². The van der Waals surface area contributed by atoms with E-state index in [4.69, 9.17) is 10.5 Å². The van der Waals surface area contributed by atoms with Gasteiger partial charge in [-0.2, -0.15) is 0 Å². The molecule has 1 aromatic heterocycles. The summed E-state index contributed by atoms with van der Waals surface area (Å²) in [7, 11) is 1.59. The number of carbonyl (C=O) groups excluding carboxylic acids is 1. The fraction of sp³-hybridized carbons (Fsp3) is 0.400. The number of nitrogens with zero attached hydrogens (tertiary/aromatic N) is 1. The molecule has 1 amide bonds. The Hall–Kier alpha value is -1.33. The fourth-order valence-electron chi connectivity index (χ4n) is 1.06. The average molecular weight is 246 g/mol. The molecule has 0 aliphatic heterocycles. The summed E-state index contributed by atoms with van der Waals surface area (Å²) in [6.07, 6.45) is 1.81. The summed E-state index contributed by atoms with van der Waals surface area (Å²) in [5.41, 5.74) is 6.78. The molecule has 0 aromatic carbocycles. The number of anilines is 1. The topological polar surface area (TPSA) is 77.2 Å². The monoisotopic (exact) mass is 245 g/mol. The van der Waals surface area contributed by atoms with Crippen molar-refractivity contribution in [2.75, 3.05) is 26.0 Å². The smallest absolute Gasteiger partial charge is 0.226 e. The van der Waals surface area contributed by atoms with Gasteiger partial charge < -0.3 is 15.8 Å². The molecule has 3 N–H and O–H groups in total. The van der Waals surface area contributed by atoms with Crippen LogP contribution in [0.15, 0.2) is 18.3 Å². The number of carbonyl (C=O) groups is 1. The highest BCUT2D eigenvalue weighted by Gasteiger charge is 2.03. The van der Waals surface area contributed by atoms with E-state index >= 15 is 0 Å². The van der Waals surface area contributed by atoms with Crippen LogP contribution in [0.4, 0.5) is 5.69 Å². The van der Waals surface area contributed by atoms with Gasteiger partial charge in [0.1, 0.15) is 0 Å². The molecular formula is C10H16ClN3O2. The molecule has 1 heterocycles. The maximum Gasteiger partial charge on any atom is 0.226 e. The highest BCUT2D eigenvalue weighted by Crippen LogP contribution is 2.01. The van der Waals surface area contributed by atoms with Crippen LogP contribution in [0.5, 0.6) is 0 Å². The SMILES string of the molecule is COCCNC(=O)Cc1ccc(N)cn1.Cl. The number of hydrogen-bond acceptors (Lipinski definition) is 4. The highest BCUT2D eigenvalue weighted by molar-refractivity contribution is 5.85. The van der Waals surface area contributed by atoms with E-state index < -0.39 is 0 Å². The van der Waals surface area contributed by atoms with Crippen LogP contribution in [0, 0.1) is 0 Å². The predicted molar refractivity (Wildman–Crippen MR) is 64.5 cm³/mol. The lowest BCUT2D eigenvalue weighted by Crippen LogP contribution is -2.28. The zero-order chi connectivity index (χ0) is 11.1. The van der Waals surface area contributed by atoms with Gasteiger partial charge >= 0.3 is 0 Å². The van der Waals surface area contributed by atoms with Gasteiger partial charge in [-0.15, -0.1) is 12.4 Å². The molecule has 0 fully saturated rings. The van der Waals surface area contributed by atoms with E-state index in [1.807, 2.05) is 0 Å². The molecule has 0 bridgehead atoms. The average Bonchev–Trinajstić information content (AvgIpc) is 2.22. The number of rotatable bonds is 5. The number of pyridine rings is 1. The summed E-state index contributed by atoms with van der Waals surface area (Å²) >= 11 is 0. The third-order valence-corrected chi connectivity index (χ3v) is 1.82. The minimum Gasteiger partial charge on any atom is -0.397 e. The molecule has 0 spiro atoms. The molecule has 0 aliphatic rings. The van der Waals surface area contributed by atoms with E-state index in [2.05, 4.69) is 10.3 Å². The second-order valence-electron chi connectivity index (χ2n) is 3.10. The summed E-state index contributed by atoms with van der Waals surface area (Å²) in [6.45, 7) is 1.03. The fourth-order valence-corrected chi connectivity index (χ4v) is 1.06. The van der Waals surface area contributed by atoms with E-state index in [1.54, 1.807) is 19.2 Å². The lowest BCUT2D eigenvalue weighted by molar-refractivity contribution is -0.120. The summed E-state index contributed by atoms with van der Waals surface area (Å²) in [6, 6.07) is 3.47. The molecule has 0 unspecified atom stereocenters. The molecule has 6 heteroatoms. The standard InChI is InChI=1S/C10H15N3O2.ClH/c1-15-5-4-12-10(14)6-9-3-2-8(11)7-13-9;/h2-3,7H,4-6,11H2,1H3,(H,12,14);1H. The number of methoxy groups -OCH3 is 1. The molecule has 0 saturated heterocycles. The Kier molecular flexibility index (Phi) is 7.24. The van der Waals surface area contributed by atoms with Crippen LogP contribution in [0.25, 0.3) is 0 Å². The first-order valence-electron chi connectivity index (χ1n) is 4.68. The van der Waals surface area contributed by atoms with Crippen LogP contribution in [0.2, 0.25) is 0 Å². The van der Waals surface area contributed by atoms with Gasteiger partial charge in [0.2, 0.25) is 5.91 Å². The van der Waals surface area contributed by atoms with Crippen LogP contribution in [0.3, 0.4) is 0 Å². The zero-order valence-corrected chi connectivity index (χ0v) is 9.92. The minimum atomic E-state index is -0.0654. The van der Waals surface area contributed by atoms with Crippen molar-refractivity contribution in [3.63, 3.8) is 0 Å². The van der Waals surface area contributed by atoms with E-state index in [0.29, 0.717) is 24.5 Å². The van der Waals surface area contributed by atoms with Gasteiger partial charge in [0.05, 0.1) is 24.9 Å². The molecular weight excluding hydrogens is 230 g/mol. The van der Waals surface area contributed by atoms with E-state index in [0.717, 1.165) is 0 Å². The lowest BCUT2D eigenvalue weighted by Gasteiger charge is -2.03. The van der Waals surface area contributed by atoms with Crippen molar-refractivity contribution < 1.29 is 9.53 Å². The lowest BCUT2D eigenvalue weighted by atomic mass is 10.2. The number of nitrogens with two attached hydrogens (primary N) is 1. The molecule has 0 aliphatic carbocycles. The van der Waals surface area contributed by atoms with Gasteiger partial charge in [-0.3, -0.25) is 9.78 Å². The predicted octanol–water partition coefficient (Wildman–Crippen LogP) is 0.391. The molecule has 90 valence electrons. The van der Waals surface area contributed by atoms with Gasteiger partial charge in [0.15, 0.2) is 0 Å². The normalized spacial score (nSPS) is 9.31. The zero-order valence-electron chi connectivity index (χ0n) is 9.10. The Balaban J connectivity index is 0.00000225. The van der Waals surface area contributed by atoms with Gasteiger partial charge in [-0.1, -0.05) is 0 Å². The first kappa shape index (κ1) is 14.7. The summed E-state index contributed by atoms with van der Waals surface area (Å²) < 4.78 is 4.81. The maximum absolute atomic E-state index is 11.3. The van der Waals surface area contributed by atoms with Crippen molar-refractivity contribution in [3.05, 3.63) is 24.0 Å².